The normalized spacial score (nSPS) is 10.5. The number of halogens is 1. The molecule has 0 bridgehead atoms. The molecule has 152 valence electrons. The van der Waals surface area contributed by atoms with Crippen molar-refractivity contribution in [1.29, 1.82) is 0 Å². The Morgan fingerprint density at radius 1 is 1.07 bits per heavy atom. The maximum Gasteiger partial charge on any atom is 0.230 e. The van der Waals surface area contributed by atoms with Gasteiger partial charge in [0.1, 0.15) is 5.82 Å². The average Bonchev–Trinajstić information content (AvgIpc) is 3.07. The van der Waals surface area contributed by atoms with Crippen molar-refractivity contribution in [3.8, 4) is 28.5 Å². The SMILES string of the molecule is COc1cc(CC(=O)Nc2nc(-c3ccc(F)cc3)c(C)s2)cc(OC)c1OC. The molecule has 0 aliphatic carbocycles. The first-order valence-electron chi connectivity index (χ1n) is 8.77. The minimum atomic E-state index is -0.305. The molecule has 0 spiro atoms. The summed E-state index contributed by atoms with van der Waals surface area (Å²) in [7, 11) is 4.57. The summed E-state index contributed by atoms with van der Waals surface area (Å²) in [4.78, 5) is 17.9. The molecule has 2 aromatic carbocycles. The topological polar surface area (TPSA) is 69.7 Å². The second kappa shape index (κ2) is 8.91. The van der Waals surface area contributed by atoms with Gasteiger partial charge in [-0.2, -0.15) is 0 Å². The van der Waals surface area contributed by atoms with E-state index in [1.807, 2.05) is 6.92 Å². The average molecular weight is 416 g/mol. The number of aryl methyl sites for hydroxylation is 1. The first-order chi connectivity index (χ1) is 13.9. The molecule has 1 aromatic heterocycles. The van der Waals surface area contributed by atoms with E-state index in [1.165, 1.54) is 44.8 Å². The number of ether oxygens (including phenoxy) is 3. The number of nitrogens with one attached hydrogen (secondary N) is 1. The Labute approximate surface area is 172 Å². The lowest BCUT2D eigenvalue weighted by atomic mass is 10.1. The van der Waals surface area contributed by atoms with Gasteiger partial charge in [0, 0.05) is 10.4 Å². The van der Waals surface area contributed by atoms with E-state index in [9.17, 15) is 9.18 Å². The molecule has 3 rings (SSSR count). The predicted octanol–water partition coefficient (Wildman–Crippen LogP) is 4.46. The van der Waals surface area contributed by atoms with Crippen molar-refractivity contribution in [3.05, 3.63) is 52.7 Å². The van der Waals surface area contributed by atoms with E-state index in [2.05, 4.69) is 10.3 Å². The van der Waals surface area contributed by atoms with Crippen molar-refractivity contribution in [2.75, 3.05) is 26.6 Å². The van der Waals surface area contributed by atoms with Crippen LogP contribution < -0.4 is 19.5 Å². The molecule has 0 aliphatic rings. The predicted molar refractivity (Wildman–Crippen MR) is 111 cm³/mol. The van der Waals surface area contributed by atoms with Gasteiger partial charge < -0.3 is 19.5 Å². The highest BCUT2D eigenvalue weighted by Crippen LogP contribution is 2.38. The zero-order chi connectivity index (χ0) is 21.0. The Morgan fingerprint density at radius 3 is 2.24 bits per heavy atom. The molecule has 6 nitrogen and oxygen atoms in total. The third-order valence-corrected chi connectivity index (χ3v) is 5.14. The zero-order valence-electron chi connectivity index (χ0n) is 16.5. The molecule has 1 N–H and O–H groups in total. The number of hydrogen-bond donors (Lipinski definition) is 1. The molecule has 0 unspecified atom stereocenters. The standard InChI is InChI=1S/C21H21FN2O4S/c1-12-19(14-5-7-15(22)8-6-14)24-21(29-12)23-18(25)11-13-9-16(26-2)20(28-4)17(10-13)27-3/h5-10H,11H2,1-4H3,(H,23,24,25). The Balaban J connectivity index is 1.76. The third-order valence-electron chi connectivity index (χ3n) is 4.25. The van der Waals surface area contributed by atoms with Crippen molar-refractivity contribution < 1.29 is 23.4 Å². The van der Waals surface area contributed by atoms with Gasteiger partial charge in [0.15, 0.2) is 16.6 Å². The van der Waals surface area contributed by atoms with E-state index in [0.29, 0.717) is 27.9 Å². The second-order valence-corrected chi connectivity index (χ2v) is 7.39. The first kappa shape index (κ1) is 20.6. The van der Waals surface area contributed by atoms with Gasteiger partial charge in [-0.05, 0) is 48.9 Å². The summed E-state index contributed by atoms with van der Waals surface area (Å²) in [6, 6.07) is 9.57. The number of carbonyl (C=O) groups is 1. The zero-order valence-corrected chi connectivity index (χ0v) is 17.4. The van der Waals surface area contributed by atoms with Gasteiger partial charge in [-0.25, -0.2) is 9.37 Å². The Bertz CT molecular complexity index is 993. The number of amides is 1. The molecular weight excluding hydrogens is 395 g/mol. The van der Waals surface area contributed by atoms with Crippen LogP contribution in [0.15, 0.2) is 36.4 Å². The highest BCUT2D eigenvalue weighted by Gasteiger charge is 2.16. The smallest absolute Gasteiger partial charge is 0.230 e. The van der Waals surface area contributed by atoms with Crippen molar-refractivity contribution >= 4 is 22.4 Å². The van der Waals surface area contributed by atoms with Gasteiger partial charge in [0.25, 0.3) is 0 Å². The van der Waals surface area contributed by atoms with E-state index in [-0.39, 0.29) is 18.1 Å². The van der Waals surface area contributed by atoms with Gasteiger partial charge >= 0.3 is 0 Å². The molecule has 8 heteroatoms. The molecule has 29 heavy (non-hydrogen) atoms. The Kier molecular flexibility index (Phi) is 6.33. The van der Waals surface area contributed by atoms with E-state index < -0.39 is 0 Å². The molecule has 0 radical (unpaired) electrons. The monoisotopic (exact) mass is 416 g/mol. The number of thiazole rings is 1. The molecule has 0 atom stereocenters. The van der Waals surface area contributed by atoms with Crippen molar-refractivity contribution in [1.82, 2.24) is 4.98 Å². The van der Waals surface area contributed by atoms with Gasteiger partial charge in [0.2, 0.25) is 11.7 Å². The fourth-order valence-electron chi connectivity index (χ4n) is 2.91. The maximum absolute atomic E-state index is 13.1. The summed E-state index contributed by atoms with van der Waals surface area (Å²) in [6.07, 6.45) is 0.112. The fraction of sp³-hybridized carbons (Fsp3) is 0.238. The summed E-state index contributed by atoms with van der Waals surface area (Å²) in [5, 5.41) is 3.30. The molecule has 1 amide bonds. The number of benzene rings is 2. The summed E-state index contributed by atoms with van der Waals surface area (Å²) in [6.45, 7) is 1.91. The van der Waals surface area contributed by atoms with Crippen LogP contribution in [0.4, 0.5) is 9.52 Å². The van der Waals surface area contributed by atoms with Gasteiger partial charge in [-0.3, -0.25) is 4.79 Å². The summed E-state index contributed by atoms with van der Waals surface area (Å²) in [5.74, 6) is 0.912. The number of hydrogen-bond acceptors (Lipinski definition) is 6. The van der Waals surface area contributed by atoms with Crippen molar-refractivity contribution in [3.63, 3.8) is 0 Å². The molecule has 3 aromatic rings. The number of anilines is 1. The minimum absolute atomic E-state index is 0.112. The van der Waals surface area contributed by atoms with Crippen LogP contribution in [0.1, 0.15) is 10.4 Å². The van der Waals surface area contributed by atoms with Crippen LogP contribution in [0.25, 0.3) is 11.3 Å². The van der Waals surface area contributed by atoms with E-state index >= 15 is 0 Å². The lowest BCUT2D eigenvalue weighted by Crippen LogP contribution is -2.14. The molecule has 0 aliphatic heterocycles. The third kappa shape index (κ3) is 4.65. The Morgan fingerprint density at radius 2 is 1.69 bits per heavy atom. The van der Waals surface area contributed by atoms with Crippen molar-refractivity contribution in [2.45, 2.75) is 13.3 Å². The van der Waals surface area contributed by atoms with Gasteiger partial charge in [-0.1, -0.05) is 0 Å². The molecule has 0 fully saturated rings. The van der Waals surface area contributed by atoms with Crippen LogP contribution in [0.5, 0.6) is 17.2 Å². The molecule has 1 heterocycles. The van der Waals surface area contributed by atoms with E-state index in [4.69, 9.17) is 14.2 Å². The van der Waals surface area contributed by atoms with Crippen LogP contribution in [0.2, 0.25) is 0 Å². The Hall–Kier alpha value is -3.13. The highest BCUT2D eigenvalue weighted by molar-refractivity contribution is 7.16. The molecule has 0 saturated heterocycles. The van der Waals surface area contributed by atoms with Crippen molar-refractivity contribution in [2.24, 2.45) is 0 Å². The highest BCUT2D eigenvalue weighted by atomic mass is 32.1. The van der Waals surface area contributed by atoms with Crippen LogP contribution in [0, 0.1) is 12.7 Å². The summed E-state index contributed by atoms with van der Waals surface area (Å²) >= 11 is 1.37. The summed E-state index contributed by atoms with van der Waals surface area (Å²) < 4.78 is 29.1. The van der Waals surface area contributed by atoms with Gasteiger partial charge in [-0.15, -0.1) is 11.3 Å². The number of carbonyl (C=O) groups excluding carboxylic acids is 1. The number of aromatic nitrogens is 1. The van der Waals surface area contributed by atoms with Crippen LogP contribution in [-0.2, 0) is 11.2 Å². The molecular formula is C21H21FN2O4S. The van der Waals surface area contributed by atoms with Gasteiger partial charge in [0.05, 0.1) is 33.4 Å². The second-order valence-electron chi connectivity index (χ2n) is 6.19. The first-order valence-corrected chi connectivity index (χ1v) is 9.59. The number of nitrogens with zero attached hydrogens (tertiary/aromatic N) is 1. The van der Waals surface area contributed by atoms with E-state index in [0.717, 1.165) is 16.1 Å². The number of methoxy groups -OCH3 is 3. The lowest BCUT2D eigenvalue weighted by molar-refractivity contribution is -0.115. The number of rotatable bonds is 7. The van der Waals surface area contributed by atoms with E-state index in [1.54, 1.807) is 24.3 Å². The molecule has 0 saturated carbocycles. The largest absolute Gasteiger partial charge is 0.493 e. The maximum atomic E-state index is 13.1. The minimum Gasteiger partial charge on any atom is -0.493 e. The summed E-state index contributed by atoms with van der Waals surface area (Å²) in [5.41, 5.74) is 2.23. The van der Waals surface area contributed by atoms with Crippen LogP contribution >= 0.6 is 11.3 Å². The fourth-order valence-corrected chi connectivity index (χ4v) is 3.76. The quantitative estimate of drug-likeness (QED) is 0.616. The van der Waals surface area contributed by atoms with Crippen LogP contribution in [-0.4, -0.2) is 32.2 Å². The van der Waals surface area contributed by atoms with Crippen LogP contribution in [0.3, 0.4) is 0 Å². The lowest BCUT2D eigenvalue weighted by Gasteiger charge is -2.13.